The number of carbonyl (C=O) groups is 3. The maximum Gasteiger partial charge on any atom is 1.00 e. The summed E-state index contributed by atoms with van der Waals surface area (Å²) < 4.78 is 0. The molecule has 0 aliphatic carbocycles. The van der Waals surface area contributed by atoms with Gasteiger partial charge in [0.25, 0.3) is 5.91 Å². The predicted molar refractivity (Wildman–Crippen MR) is 162 cm³/mol. The minimum Gasteiger partial charge on any atom is -1.00 e. The Bertz CT molecular complexity index is 1580. The smallest absolute Gasteiger partial charge is 1.00 e. The Morgan fingerprint density at radius 2 is 1.63 bits per heavy atom. The molecule has 3 aromatic carbocycles. The maximum absolute atomic E-state index is 13.4. The van der Waals surface area contributed by atoms with E-state index in [2.05, 4.69) is 16.9 Å². The first-order valence-electron chi connectivity index (χ1n) is 12.8. The van der Waals surface area contributed by atoms with Crippen LogP contribution in [0, 0.1) is 6.92 Å². The van der Waals surface area contributed by atoms with Gasteiger partial charge in [0.1, 0.15) is 11.7 Å². The number of hydrogen-bond acceptors (Lipinski definition) is 5. The van der Waals surface area contributed by atoms with E-state index in [-0.39, 0.29) is 31.8 Å². The summed E-state index contributed by atoms with van der Waals surface area (Å²) in [5.74, 6) is -1.14. The Hall–Kier alpha value is -3.89. The summed E-state index contributed by atoms with van der Waals surface area (Å²) in [6, 6.07) is 24.5. The second-order valence-electron chi connectivity index (χ2n) is 9.29. The molecule has 0 radical (unpaired) electrons. The molecule has 1 amide bonds. The van der Waals surface area contributed by atoms with Crippen molar-refractivity contribution in [3.63, 3.8) is 0 Å². The number of ketones is 1. The molecule has 4 aromatic rings. The second-order valence-corrected chi connectivity index (χ2v) is 10.3. The van der Waals surface area contributed by atoms with Crippen molar-refractivity contribution in [2.24, 2.45) is 0 Å². The molecule has 2 N–H and O–H groups in total. The van der Waals surface area contributed by atoms with Crippen LogP contribution in [-0.2, 0) is 4.79 Å². The van der Waals surface area contributed by atoms with Crippen molar-refractivity contribution in [2.45, 2.75) is 19.4 Å². The van der Waals surface area contributed by atoms with E-state index in [1.165, 1.54) is 11.8 Å². The number of carboxylic acids is 1. The standard InChI is InChI=1S/C33H30N2O4S.Li.H/c1-21-10-7-8-13-25(21)28-20-24(15-16-27(28)32(37)35-29(33(38)39)17-19-40-3)22(2)26-14-9-18-34-30(26)31(36)23-11-5-4-6-12-23;;/h4-16,18,20,29H,2,17,19H2,1,3H3,(H,35,37)(H,38,39);;/q;+1;-1. The van der Waals surface area contributed by atoms with Crippen molar-refractivity contribution >= 4 is 35.0 Å². The molecule has 204 valence electrons. The van der Waals surface area contributed by atoms with Gasteiger partial charge in [0, 0.05) is 22.9 Å². The average Bonchev–Trinajstić information content (AvgIpc) is 2.98. The van der Waals surface area contributed by atoms with Crippen LogP contribution in [0.3, 0.4) is 0 Å². The van der Waals surface area contributed by atoms with E-state index in [1.807, 2.05) is 55.6 Å². The normalized spacial score (nSPS) is 11.2. The number of carbonyl (C=O) groups excluding carboxylic acids is 2. The van der Waals surface area contributed by atoms with E-state index in [1.54, 1.807) is 48.7 Å². The SMILES string of the molecule is C=C(c1ccc(C(=O)NC(CCSC)C(=O)O)c(-c2ccccc2C)c1)c1cccnc1C(=O)c1ccccc1.[H-].[Li+]. The second kappa shape index (κ2) is 14.7. The van der Waals surface area contributed by atoms with Gasteiger partial charge in [-0.3, -0.25) is 14.6 Å². The zero-order valence-electron chi connectivity index (χ0n) is 24.4. The molecule has 41 heavy (non-hydrogen) atoms. The number of hydrogen-bond donors (Lipinski definition) is 2. The summed E-state index contributed by atoms with van der Waals surface area (Å²) in [6.07, 6.45) is 3.79. The van der Waals surface area contributed by atoms with E-state index < -0.39 is 17.9 Å². The molecule has 1 heterocycles. The van der Waals surface area contributed by atoms with Gasteiger partial charge < -0.3 is 11.8 Å². The number of aryl methyl sites for hydroxylation is 1. The summed E-state index contributed by atoms with van der Waals surface area (Å²) in [5, 5.41) is 12.3. The van der Waals surface area contributed by atoms with E-state index in [4.69, 9.17) is 0 Å². The third kappa shape index (κ3) is 7.45. The molecular weight excluding hydrogens is 527 g/mol. The summed E-state index contributed by atoms with van der Waals surface area (Å²) in [5.41, 5.74) is 5.49. The van der Waals surface area contributed by atoms with E-state index in [0.29, 0.717) is 45.6 Å². The van der Waals surface area contributed by atoms with E-state index in [0.717, 1.165) is 11.1 Å². The Morgan fingerprint density at radius 1 is 0.927 bits per heavy atom. The van der Waals surface area contributed by atoms with E-state index >= 15 is 0 Å². The van der Waals surface area contributed by atoms with E-state index in [9.17, 15) is 19.5 Å². The summed E-state index contributed by atoms with van der Waals surface area (Å²) in [7, 11) is 0. The zero-order chi connectivity index (χ0) is 28.6. The van der Waals surface area contributed by atoms with Crippen molar-refractivity contribution in [3.8, 4) is 11.1 Å². The number of aliphatic carboxylic acids is 1. The molecular formula is C33H31LiN2O4S. The molecule has 0 fully saturated rings. The third-order valence-corrected chi connectivity index (χ3v) is 7.29. The van der Waals surface area contributed by atoms with Crippen LogP contribution in [-0.4, -0.2) is 45.8 Å². The summed E-state index contributed by atoms with van der Waals surface area (Å²) in [4.78, 5) is 42.9. The van der Waals surface area contributed by atoms with Crippen LogP contribution >= 0.6 is 11.8 Å². The van der Waals surface area contributed by atoms with Crippen molar-refractivity contribution in [3.05, 3.63) is 131 Å². The van der Waals surface area contributed by atoms with Gasteiger partial charge in [0.15, 0.2) is 0 Å². The first kappa shape index (κ1) is 31.6. The Morgan fingerprint density at radius 3 is 2.32 bits per heavy atom. The fourth-order valence-electron chi connectivity index (χ4n) is 4.47. The molecule has 1 aromatic heterocycles. The molecule has 0 aliphatic rings. The van der Waals surface area contributed by atoms with Crippen LogP contribution in [0.15, 0.2) is 97.7 Å². The fraction of sp³-hybridized carbons (Fsp3) is 0.152. The van der Waals surface area contributed by atoms with Crippen LogP contribution in [0.2, 0.25) is 0 Å². The molecule has 4 rings (SSSR count). The largest absolute Gasteiger partial charge is 1.00 e. The minimum absolute atomic E-state index is 0. The fourth-order valence-corrected chi connectivity index (χ4v) is 4.94. The first-order chi connectivity index (χ1) is 19.3. The number of benzene rings is 3. The Balaban J connectivity index is 0.00000308. The first-order valence-corrected chi connectivity index (χ1v) is 14.2. The number of carboxylic acid groups (broad SMARTS) is 1. The van der Waals surface area contributed by atoms with Gasteiger partial charge >= 0.3 is 24.8 Å². The van der Waals surface area contributed by atoms with Gasteiger partial charge in [0.05, 0.1) is 0 Å². The average molecular weight is 559 g/mol. The molecule has 6 nitrogen and oxygen atoms in total. The van der Waals surface area contributed by atoms with Gasteiger partial charge in [-0.05, 0) is 71.4 Å². The predicted octanol–water partition coefficient (Wildman–Crippen LogP) is 3.40. The van der Waals surface area contributed by atoms with Crippen LogP contribution in [0.1, 0.15) is 50.9 Å². The van der Waals surface area contributed by atoms with Crippen LogP contribution in [0.4, 0.5) is 0 Å². The van der Waals surface area contributed by atoms with Crippen molar-refractivity contribution in [2.75, 3.05) is 12.0 Å². The number of nitrogens with one attached hydrogen (secondary N) is 1. The number of amides is 1. The number of thioether (sulfide) groups is 1. The number of rotatable bonds is 11. The molecule has 8 heteroatoms. The summed E-state index contributed by atoms with van der Waals surface area (Å²) >= 11 is 1.52. The quantitative estimate of drug-likeness (QED) is 0.216. The van der Waals surface area contributed by atoms with Gasteiger partial charge in [-0.2, -0.15) is 11.8 Å². The number of aromatic nitrogens is 1. The molecule has 0 bridgehead atoms. The minimum atomic E-state index is -1.07. The Labute approximate surface area is 258 Å². The monoisotopic (exact) mass is 558 g/mol. The third-order valence-electron chi connectivity index (χ3n) is 6.65. The van der Waals surface area contributed by atoms with Crippen LogP contribution in [0.5, 0.6) is 0 Å². The van der Waals surface area contributed by atoms with Gasteiger partial charge in [-0.25, -0.2) is 4.79 Å². The van der Waals surface area contributed by atoms with Gasteiger partial charge in [-0.15, -0.1) is 0 Å². The molecule has 0 aliphatic heterocycles. The maximum atomic E-state index is 13.4. The van der Waals surface area contributed by atoms with Crippen molar-refractivity contribution < 1.29 is 39.8 Å². The zero-order valence-corrected chi connectivity index (χ0v) is 24.2. The molecule has 1 unspecified atom stereocenters. The summed E-state index contributed by atoms with van der Waals surface area (Å²) in [6.45, 7) is 6.25. The Kier molecular flexibility index (Phi) is 11.3. The molecule has 0 spiro atoms. The van der Waals surface area contributed by atoms with Crippen LogP contribution < -0.4 is 24.2 Å². The van der Waals surface area contributed by atoms with Crippen molar-refractivity contribution in [1.29, 1.82) is 0 Å². The van der Waals surface area contributed by atoms with Crippen molar-refractivity contribution in [1.82, 2.24) is 10.3 Å². The van der Waals surface area contributed by atoms with Gasteiger partial charge in [-0.1, -0.05) is 73.3 Å². The molecule has 0 saturated carbocycles. The van der Waals surface area contributed by atoms with Crippen LogP contribution in [0.25, 0.3) is 16.7 Å². The van der Waals surface area contributed by atoms with Gasteiger partial charge in [0.2, 0.25) is 5.78 Å². The number of pyridine rings is 1. The number of nitrogens with zero attached hydrogens (tertiary/aromatic N) is 1. The molecule has 0 saturated heterocycles. The topological polar surface area (TPSA) is 96.4 Å². The molecule has 1 atom stereocenters.